The monoisotopic (exact) mass is 486 g/mol. The van der Waals surface area contributed by atoms with Crippen LogP contribution in [0.1, 0.15) is 42.5 Å². The van der Waals surface area contributed by atoms with Crippen molar-refractivity contribution in [2.75, 3.05) is 18.1 Å². The Hall–Kier alpha value is -2.11. The van der Waals surface area contributed by atoms with E-state index < -0.39 is 21.6 Å². The molecule has 7 nitrogen and oxygen atoms in total. The predicted molar refractivity (Wildman–Crippen MR) is 118 cm³/mol. The first-order valence-corrected chi connectivity index (χ1v) is 12.5. The van der Waals surface area contributed by atoms with Crippen LogP contribution in [-0.2, 0) is 34.9 Å². The lowest BCUT2D eigenvalue weighted by atomic mass is 10.1. The van der Waals surface area contributed by atoms with Crippen LogP contribution >= 0.6 is 0 Å². The molecule has 1 aromatic carbocycles. The molecule has 1 fully saturated rings. The largest absolute Gasteiger partial charge is 0.511 e. The van der Waals surface area contributed by atoms with E-state index in [0.717, 1.165) is 36.9 Å². The average Bonchev–Trinajstić information content (AvgIpc) is 3.36. The summed E-state index contributed by atoms with van der Waals surface area (Å²) < 4.78 is 73.9. The molecule has 2 heterocycles. The lowest BCUT2D eigenvalue weighted by Crippen LogP contribution is -2.49. The van der Waals surface area contributed by atoms with Crippen molar-refractivity contribution in [3.05, 3.63) is 47.5 Å². The number of halogens is 3. The number of fused-ring (bicyclic) bond motifs is 1. The molecule has 0 bridgehead atoms. The molecule has 1 atom stereocenters. The zero-order valence-corrected chi connectivity index (χ0v) is 19.6. The van der Waals surface area contributed by atoms with Crippen molar-refractivity contribution >= 4 is 15.7 Å². The highest BCUT2D eigenvalue weighted by Gasteiger charge is 2.51. The topological polar surface area (TPSA) is 67.7 Å². The van der Waals surface area contributed by atoms with Crippen molar-refractivity contribution in [3.8, 4) is 0 Å². The molecule has 1 aromatic heterocycles. The number of nitrogens with zero attached hydrogens (tertiary/aromatic N) is 4. The Morgan fingerprint density at radius 2 is 1.94 bits per heavy atom. The van der Waals surface area contributed by atoms with E-state index in [1.807, 2.05) is 37.2 Å². The molecule has 0 spiro atoms. The second kappa shape index (κ2) is 9.27. The van der Waals surface area contributed by atoms with Crippen LogP contribution in [-0.4, -0.2) is 53.1 Å². The molecule has 0 saturated heterocycles. The van der Waals surface area contributed by atoms with E-state index in [1.54, 1.807) is 17.0 Å². The van der Waals surface area contributed by atoms with Crippen LogP contribution in [0.3, 0.4) is 0 Å². The Kier molecular flexibility index (Phi) is 6.75. The molecule has 0 radical (unpaired) electrons. The maximum absolute atomic E-state index is 13.5. The van der Waals surface area contributed by atoms with Crippen LogP contribution in [0.15, 0.2) is 30.7 Å². The number of anilines is 1. The zero-order valence-electron chi connectivity index (χ0n) is 18.8. The Morgan fingerprint density at radius 1 is 1.21 bits per heavy atom. The minimum atomic E-state index is -5.51. The van der Waals surface area contributed by atoms with Gasteiger partial charge in [-0.2, -0.15) is 17.5 Å². The highest BCUT2D eigenvalue weighted by atomic mass is 32.2. The number of benzene rings is 1. The van der Waals surface area contributed by atoms with Gasteiger partial charge in [0.2, 0.25) is 0 Å². The first kappa shape index (κ1) is 24.0. The summed E-state index contributed by atoms with van der Waals surface area (Å²) >= 11 is 0. The summed E-state index contributed by atoms with van der Waals surface area (Å²) in [6.07, 6.45) is 7.49. The number of hydrogen-bond acceptors (Lipinski definition) is 5. The minimum Gasteiger partial charge on any atom is -0.376 e. The molecule has 1 saturated carbocycles. The van der Waals surface area contributed by atoms with Gasteiger partial charge >= 0.3 is 15.5 Å². The summed E-state index contributed by atoms with van der Waals surface area (Å²) in [5, 5.41) is 0. The quantitative estimate of drug-likeness (QED) is 0.623. The van der Waals surface area contributed by atoms with E-state index in [2.05, 4.69) is 4.98 Å². The summed E-state index contributed by atoms with van der Waals surface area (Å²) in [4.78, 5) is 6.32. The van der Waals surface area contributed by atoms with Crippen molar-refractivity contribution in [1.82, 2.24) is 13.9 Å². The van der Waals surface area contributed by atoms with Crippen LogP contribution in [0.4, 0.5) is 18.9 Å². The second-order valence-electron chi connectivity index (χ2n) is 8.93. The summed E-state index contributed by atoms with van der Waals surface area (Å²) in [5.74, 6) is 0. The maximum atomic E-state index is 13.5. The fraction of sp³-hybridized carbons (Fsp3) is 0.591. The van der Waals surface area contributed by atoms with Crippen LogP contribution in [0, 0.1) is 6.92 Å². The summed E-state index contributed by atoms with van der Waals surface area (Å²) in [6.45, 7) is 1.62. The van der Waals surface area contributed by atoms with E-state index in [1.165, 1.54) is 0 Å². The molecule has 1 aliphatic carbocycles. The second-order valence-corrected chi connectivity index (χ2v) is 10.9. The first-order chi connectivity index (χ1) is 15.5. The van der Waals surface area contributed by atoms with Gasteiger partial charge in [-0.05, 0) is 31.4 Å². The summed E-state index contributed by atoms with van der Waals surface area (Å²) in [7, 11) is -3.67. The minimum absolute atomic E-state index is 0.0510. The summed E-state index contributed by atoms with van der Waals surface area (Å²) in [6, 6.07) is 4.88. The van der Waals surface area contributed by atoms with Crippen LogP contribution < -0.4 is 4.90 Å². The lowest BCUT2D eigenvalue weighted by Gasteiger charge is -2.34. The number of sulfonamides is 1. The highest BCUT2D eigenvalue weighted by molar-refractivity contribution is 7.89. The van der Waals surface area contributed by atoms with Gasteiger partial charge in [-0.3, -0.25) is 0 Å². The molecule has 4 rings (SSSR count). The van der Waals surface area contributed by atoms with Crippen LogP contribution in [0.5, 0.6) is 0 Å². The molecule has 11 heteroatoms. The predicted octanol–water partition coefficient (Wildman–Crippen LogP) is 3.73. The molecule has 1 unspecified atom stereocenters. The fourth-order valence-electron chi connectivity index (χ4n) is 4.62. The number of hydrogen-bond donors (Lipinski definition) is 0. The van der Waals surface area contributed by atoms with Crippen LogP contribution in [0.25, 0.3) is 0 Å². The smallest absolute Gasteiger partial charge is 0.376 e. The lowest BCUT2D eigenvalue weighted by molar-refractivity contribution is -0.0495. The summed E-state index contributed by atoms with van der Waals surface area (Å²) in [5.41, 5.74) is -2.56. The van der Waals surface area contributed by atoms with E-state index in [9.17, 15) is 21.6 Å². The number of ether oxygens (including phenoxy) is 1. The first-order valence-electron chi connectivity index (χ1n) is 11.1. The van der Waals surface area contributed by atoms with Gasteiger partial charge in [0.1, 0.15) is 0 Å². The fourth-order valence-corrected chi connectivity index (χ4v) is 5.59. The molecule has 0 N–H and O–H groups in total. The van der Waals surface area contributed by atoms with Crippen molar-refractivity contribution in [2.45, 2.75) is 63.4 Å². The normalized spacial score (nSPS) is 20.8. The van der Waals surface area contributed by atoms with Crippen molar-refractivity contribution < 1.29 is 26.3 Å². The molecule has 1 aliphatic heterocycles. The molecular weight excluding hydrogens is 457 g/mol. The molecule has 2 aliphatic rings. The van der Waals surface area contributed by atoms with Crippen molar-refractivity contribution in [2.24, 2.45) is 7.05 Å². The maximum Gasteiger partial charge on any atom is 0.511 e. The van der Waals surface area contributed by atoms with Crippen molar-refractivity contribution in [1.29, 1.82) is 0 Å². The Balaban J connectivity index is 1.74. The van der Waals surface area contributed by atoms with E-state index in [0.29, 0.717) is 22.1 Å². The number of rotatable bonds is 6. The van der Waals surface area contributed by atoms with Crippen molar-refractivity contribution in [3.63, 3.8) is 0 Å². The van der Waals surface area contributed by atoms with Gasteiger partial charge in [0.05, 0.1) is 37.3 Å². The van der Waals surface area contributed by atoms with Gasteiger partial charge in [-0.1, -0.05) is 30.5 Å². The third-order valence-corrected chi connectivity index (χ3v) is 7.84. The van der Waals surface area contributed by atoms with Gasteiger partial charge in [-0.25, -0.2) is 13.4 Å². The SMILES string of the molecule is Cc1ccc2c(c1)CN(S(=O)(=O)C(F)(F)F)CC(COC1CCCC1)N2Cc1cn(C)cn1. The van der Waals surface area contributed by atoms with E-state index >= 15 is 0 Å². The standard InChI is InChI=1S/C22H29F3N4O3S/c1-16-7-8-21-17(9-16)10-28(33(30,31)22(23,24)25)13-19(14-32-20-5-3-4-6-20)29(21)12-18-11-27(2)15-26-18/h7-9,11,15,19-20H,3-6,10,12-14H2,1-2H3. The van der Waals surface area contributed by atoms with Gasteiger partial charge in [0.15, 0.2) is 0 Å². The van der Waals surface area contributed by atoms with Gasteiger partial charge in [0, 0.05) is 32.0 Å². The molecule has 182 valence electrons. The third kappa shape index (κ3) is 5.20. The average molecular weight is 487 g/mol. The number of aromatic nitrogens is 2. The molecular formula is C22H29F3N4O3S. The van der Waals surface area contributed by atoms with E-state index in [-0.39, 0.29) is 25.8 Å². The Morgan fingerprint density at radius 3 is 2.58 bits per heavy atom. The zero-order chi connectivity index (χ0) is 23.8. The number of aryl methyl sites for hydroxylation is 2. The molecule has 0 amide bonds. The Labute approximate surface area is 192 Å². The molecule has 2 aromatic rings. The van der Waals surface area contributed by atoms with E-state index in [4.69, 9.17) is 4.74 Å². The van der Waals surface area contributed by atoms with Gasteiger partial charge in [0.25, 0.3) is 0 Å². The number of imidazole rings is 1. The van der Waals surface area contributed by atoms with Gasteiger partial charge in [-0.15, -0.1) is 0 Å². The highest BCUT2D eigenvalue weighted by Crippen LogP contribution is 2.35. The van der Waals surface area contributed by atoms with Crippen LogP contribution in [0.2, 0.25) is 0 Å². The Bertz CT molecular complexity index is 1080. The molecule has 33 heavy (non-hydrogen) atoms. The number of alkyl halides is 3. The third-order valence-electron chi connectivity index (χ3n) is 6.30. The van der Waals surface area contributed by atoms with Gasteiger partial charge < -0.3 is 14.2 Å².